The Balaban J connectivity index is 2.25. The molecule has 2 rings (SSSR count). The maximum absolute atomic E-state index is 13.4. The van der Waals surface area contributed by atoms with Gasteiger partial charge in [-0.05, 0) is 37.6 Å². The van der Waals surface area contributed by atoms with Crippen LogP contribution in [0.3, 0.4) is 0 Å². The minimum absolute atomic E-state index is 0.352. The third-order valence-corrected chi connectivity index (χ3v) is 4.92. The number of rotatable bonds is 12. The summed E-state index contributed by atoms with van der Waals surface area (Å²) in [6, 6.07) is 19.2. The zero-order valence-corrected chi connectivity index (χ0v) is 17.4. The van der Waals surface area contributed by atoms with Crippen LogP contribution in [0.4, 0.5) is 0 Å². The Hall–Kier alpha value is -2.17. The lowest BCUT2D eigenvalue weighted by atomic mass is 9.86. The molecule has 0 heterocycles. The molecule has 0 aliphatic rings. The zero-order chi connectivity index (χ0) is 20.2. The van der Waals surface area contributed by atoms with E-state index in [0.717, 1.165) is 43.6 Å². The standard InChI is InChI=1S/C24H33NO3/c1-4-7-18-25(5-2)19-20-27-23(26)24(28-6-3,21-14-10-8-11-15-21)22-16-12-9-13-17-22/h8-17H,4-7,18-20H2,1-3H3. The van der Waals surface area contributed by atoms with Gasteiger partial charge in [-0.15, -0.1) is 0 Å². The van der Waals surface area contributed by atoms with E-state index in [4.69, 9.17) is 9.47 Å². The highest BCUT2D eigenvalue weighted by atomic mass is 16.6. The maximum Gasteiger partial charge on any atom is 0.347 e. The summed E-state index contributed by atoms with van der Waals surface area (Å²) in [6.45, 7) is 9.68. The Morgan fingerprint density at radius 2 is 1.46 bits per heavy atom. The average molecular weight is 384 g/mol. The van der Waals surface area contributed by atoms with Gasteiger partial charge in [-0.2, -0.15) is 0 Å². The molecule has 4 heteroatoms. The fourth-order valence-corrected chi connectivity index (χ4v) is 3.37. The quantitative estimate of drug-likeness (QED) is 0.501. The molecule has 0 aromatic heterocycles. The molecule has 0 fully saturated rings. The summed E-state index contributed by atoms with van der Waals surface area (Å²) in [4.78, 5) is 15.7. The smallest absolute Gasteiger partial charge is 0.347 e. The Morgan fingerprint density at radius 1 is 0.893 bits per heavy atom. The summed E-state index contributed by atoms with van der Waals surface area (Å²) < 4.78 is 11.9. The number of benzene rings is 2. The van der Waals surface area contributed by atoms with Crippen molar-refractivity contribution < 1.29 is 14.3 Å². The van der Waals surface area contributed by atoms with Crippen LogP contribution in [0.15, 0.2) is 60.7 Å². The normalized spacial score (nSPS) is 11.6. The van der Waals surface area contributed by atoms with E-state index in [-0.39, 0.29) is 5.97 Å². The highest BCUT2D eigenvalue weighted by Gasteiger charge is 2.44. The minimum Gasteiger partial charge on any atom is -0.462 e. The summed E-state index contributed by atoms with van der Waals surface area (Å²) in [5.41, 5.74) is 0.315. The SMILES string of the molecule is CCCCN(CC)CCOC(=O)C(OCC)(c1ccccc1)c1ccccc1. The molecule has 0 saturated carbocycles. The van der Waals surface area contributed by atoms with Crippen LogP contribution in [0.2, 0.25) is 0 Å². The molecule has 152 valence electrons. The van der Waals surface area contributed by atoms with Crippen LogP contribution in [0.25, 0.3) is 0 Å². The fraction of sp³-hybridized carbons (Fsp3) is 0.458. The second kappa shape index (κ2) is 11.6. The first-order valence-electron chi connectivity index (χ1n) is 10.3. The maximum atomic E-state index is 13.4. The predicted octanol–water partition coefficient (Wildman–Crippen LogP) is 4.63. The van der Waals surface area contributed by atoms with Crippen LogP contribution in [0, 0.1) is 0 Å². The van der Waals surface area contributed by atoms with E-state index < -0.39 is 5.60 Å². The van der Waals surface area contributed by atoms with Crippen LogP contribution in [0.1, 0.15) is 44.7 Å². The second-order valence-corrected chi connectivity index (χ2v) is 6.77. The first-order chi connectivity index (χ1) is 13.7. The molecule has 2 aromatic rings. The predicted molar refractivity (Wildman–Crippen MR) is 113 cm³/mol. The fourth-order valence-electron chi connectivity index (χ4n) is 3.37. The van der Waals surface area contributed by atoms with Gasteiger partial charge in [0, 0.05) is 13.2 Å². The molecule has 0 aliphatic heterocycles. The Morgan fingerprint density at radius 3 is 1.93 bits per heavy atom. The molecule has 0 radical (unpaired) electrons. The van der Waals surface area contributed by atoms with Crippen molar-refractivity contribution in [1.29, 1.82) is 0 Å². The topological polar surface area (TPSA) is 38.8 Å². The molecule has 0 spiro atoms. The highest BCUT2D eigenvalue weighted by molar-refractivity contribution is 5.85. The van der Waals surface area contributed by atoms with Crippen molar-refractivity contribution in [2.45, 2.75) is 39.2 Å². The molecule has 0 N–H and O–H groups in total. The van der Waals surface area contributed by atoms with Gasteiger partial charge >= 0.3 is 5.97 Å². The first kappa shape index (κ1) is 22.1. The summed E-state index contributed by atoms with van der Waals surface area (Å²) in [6.07, 6.45) is 2.31. The number of unbranched alkanes of at least 4 members (excludes halogenated alkanes) is 1. The van der Waals surface area contributed by atoms with E-state index in [9.17, 15) is 4.79 Å². The van der Waals surface area contributed by atoms with E-state index >= 15 is 0 Å². The number of carbonyl (C=O) groups excluding carboxylic acids is 1. The second-order valence-electron chi connectivity index (χ2n) is 6.77. The summed E-state index contributed by atoms with van der Waals surface area (Å²) in [5.74, 6) is -0.363. The molecule has 0 aliphatic carbocycles. The lowest BCUT2D eigenvalue weighted by Crippen LogP contribution is -2.42. The van der Waals surface area contributed by atoms with E-state index in [2.05, 4.69) is 18.7 Å². The number of nitrogens with zero attached hydrogens (tertiary/aromatic N) is 1. The van der Waals surface area contributed by atoms with Gasteiger partial charge in [0.15, 0.2) is 0 Å². The van der Waals surface area contributed by atoms with Crippen molar-refractivity contribution in [2.75, 3.05) is 32.8 Å². The molecule has 0 bridgehead atoms. The van der Waals surface area contributed by atoms with Crippen LogP contribution < -0.4 is 0 Å². The highest BCUT2D eigenvalue weighted by Crippen LogP contribution is 2.35. The van der Waals surface area contributed by atoms with Gasteiger partial charge in [0.1, 0.15) is 6.61 Å². The molecular formula is C24H33NO3. The minimum atomic E-state index is -1.25. The van der Waals surface area contributed by atoms with E-state index in [1.165, 1.54) is 0 Å². The largest absolute Gasteiger partial charge is 0.462 e. The molecular weight excluding hydrogens is 350 g/mol. The number of hydrogen-bond donors (Lipinski definition) is 0. The summed E-state index contributed by atoms with van der Waals surface area (Å²) in [7, 11) is 0. The van der Waals surface area contributed by atoms with E-state index in [1.807, 2.05) is 67.6 Å². The Bertz CT molecular complexity index is 648. The lowest BCUT2D eigenvalue weighted by molar-refractivity contribution is -0.168. The first-order valence-corrected chi connectivity index (χ1v) is 10.3. The van der Waals surface area contributed by atoms with Crippen LogP contribution >= 0.6 is 0 Å². The van der Waals surface area contributed by atoms with Crippen molar-refractivity contribution in [3.05, 3.63) is 71.8 Å². The summed E-state index contributed by atoms with van der Waals surface area (Å²) in [5, 5.41) is 0. The lowest BCUT2D eigenvalue weighted by Gasteiger charge is -2.32. The Kier molecular flexibility index (Phi) is 9.18. The van der Waals surface area contributed by atoms with Gasteiger partial charge in [0.2, 0.25) is 5.60 Å². The van der Waals surface area contributed by atoms with E-state index in [0.29, 0.717) is 13.2 Å². The molecule has 2 aromatic carbocycles. The number of likely N-dealkylation sites (N-methyl/N-ethyl adjacent to an activating group) is 1. The van der Waals surface area contributed by atoms with Crippen LogP contribution in [-0.2, 0) is 19.9 Å². The van der Waals surface area contributed by atoms with Crippen molar-refractivity contribution in [3.63, 3.8) is 0 Å². The van der Waals surface area contributed by atoms with Gasteiger partial charge in [0.25, 0.3) is 0 Å². The van der Waals surface area contributed by atoms with Crippen molar-refractivity contribution in [2.24, 2.45) is 0 Å². The van der Waals surface area contributed by atoms with E-state index in [1.54, 1.807) is 0 Å². The van der Waals surface area contributed by atoms with Gasteiger partial charge < -0.3 is 14.4 Å². The van der Waals surface area contributed by atoms with Crippen molar-refractivity contribution in [3.8, 4) is 0 Å². The number of carbonyl (C=O) groups is 1. The molecule has 0 atom stereocenters. The average Bonchev–Trinajstić information content (AvgIpc) is 2.75. The monoisotopic (exact) mass is 383 g/mol. The molecule has 28 heavy (non-hydrogen) atoms. The van der Waals surface area contributed by atoms with Crippen LogP contribution in [0.5, 0.6) is 0 Å². The molecule has 4 nitrogen and oxygen atoms in total. The van der Waals surface area contributed by atoms with Crippen LogP contribution in [-0.4, -0.2) is 43.7 Å². The van der Waals surface area contributed by atoms with Crippen molar-refractivity contribution >= 4 is 5.97 Å². The molecule has 0 unspecified atom stereocenters. The third kappa shape index (κ3) is 5.43. The molecule has 0 amide bonds. The van der Waals surface area contributed by atoms with Crippen molar-refractivity contribution in [1.82, 2.24) is 4.90 Å². The van der Waals surface area contributed by atoms with Gasteiger partial charge in [-0.3, -0.25) is 0 Å². The van der Waals surface area contributed by atoms with Gasteiger partial charge in [-0.25, -0.2) is 4.79 Å². The number of esters is 1. The van der Waals surface area contributed by atoms with Gasteiger partial charge in [-0.1, -0.05) is 80.9 Å². The zero-order valence-electron chi connectivity index (χ0n) is 17.4. The summed E-state index contributed by atoms with van der Waals surface area (Å²) >= 11 is 0. The Labute approximate surface area is 169 Å². The molecule has 0 saturated heterocycles. The van der Waals surface area contributed by atoms with Gasteiger partial charge in [0.05, 0.1) is 0 Å². The number of hydrogen-bond acceptors (Lipinski definition) is 4. The number of ether oxygens (including phenoxy) is 2. The third-order valence-electron chi connectivity index (χ3n) is 4.92.